The van der Waals surface area contributed by atoms with Crippen LogP contribution in [-0.4, -0.2) is 54.7 Å². The lowest BCUT2D eigenvalue weighted by Gasteiger charge is -2.29. The minimum absolute atomic E-state index is 0.0442. The molecule has 0 bridgehead atoms. The number of nitrogens with zero attached hydrogens (tertiary/aromatic N) is 1. The van der Waals surface area contributed by atoms with Crippen molar-refractivity contribution in [1.82, 2.24) is 4.90 Å². The van der Waals surface area contributed by atoms with E-state index in [-0.39, 0.29) is 18.1 Å². The highest BCUT2D eigenvalue weighted by Gasteiger charge is 2.31. The molecule has 27 heavy (non-hydrogen) atoms. The van der Waals surface area contributed by atoms with Gasteiger partial charge in [-0.3, -0.25) is 10.2 Å². The van der Waals surface area contributed by atoms with Gasteiger partial charge in [-0.2, -0.15) is 13.2 Å². The van der Waals surface area contributed by atoms with Crippen LogP contribution >= 0.6 is 0 Å². The van der Waals surface area contributed by atoms with E-state index in [0.29, 0.717) is 26.3 Å². The lowest BCUT2D eigenvalue weighted by Crippen LogP contribution is -2.43. The Kier molecular flexibility index (Phi) is 6.67. The number of rotatable bonds is 5. The van der Waals surface area contributed by atoms with Gasteiger partial charge in [-0.25, -0.2) is 0 Å². The zero-order valence-electron chi connectivity index (χ0n) is 14.6. The highest BCUT2D eigenvalue weighted by molar-refractivity contribution is 6.23. The Morgan fingerprint density at radius 2 is 2.04 bits per heavy atom. The summed E-state index contributed by atoms with van der Waals surface area (Å²) in [7, 11) is 0. The van der Waals surface area contributed by atoms with Crippen LogP contribution in [0.15, 0.2) is 35.8 Å². The van der Waals surface area contributed by atoms with Crippen LogP contribution in [0.1, 0.15) is 12.5 Å². The Balaban J connectivity index is 2.27. The van der Waals surface area contributed by atoms with Crippen molar-refractivity contribution in [1.29, 1.82) is 5.41 Å². The highest BCUT2D eigenvalue weighted by atomic mass is 19.4. The van der Waals surface area contributed by atoms with Gasteiger partial charge in [0.2, 0.25) is 0 Å². The summed E-state index contributed by atoms with van der Waals surface area (Å²) in [4.78, 5) is 14.1. The molecule has 0 saturated carbocycles. The van der Waals surface area contributed by atoms with Gasteiger partial charge in [0.15, 0.2) is 5.57 Å². The number of aliphatic hydroxyl groups is 1. The first-order chi connectivity index (χ1) is 12.7. The number of amides is 1. The van der Waals surface area contributed by atoms with E-state index in [9.17, 15) is 23.1 Å². The summed E-state index contributed by atoms with van der Waals surface area (Å²) >= 11 is 0. The van der Waals surface area contributed by atoms with Gasteiger partial charge in [-0.15, -0.1) is 0 Å². The van der Waals surface area contributed by atoms with Crippen molar-refractivity contribution in [3.63, 3.8) is 0 Å². The van der Waals surface area contributed by atoms with E-state index in [1.165, 1.54) is 11.0 Å². The number of carbonyl (C=O) groups excluding carboxylic acids is 1. The van der Waals surface area contributed by atoms with Crippen molar-refractivity contribution in [2.75, 3.05) is 38.2 Å². The van der Waals surface area contributed by atoms with E-state index in [2.05, 4.69) is 5.32 Å². The van der Waals surface area contributed by atoms with Gasteiger partial charge in [0.05, 0.1) is 25.4 Å². The smallest absolute Gasteiger partial charge is 0.416 e. The Labute approximate surface area is 153 Å². The molecule has 0 aliphatic carbocycles. The Morgan fingerprint density at radius 1 is 1.37 bits per heavy atom. The van der Waals surface area contributed by atoms with E-state index in [4.69, 9.17) is 14.9 Å². The maximum atomic E-state index is 12.8. The van der Waals surface area contributed by atoms with Crippen LogP contribution in [0.2, 0.25) is 0 Å². The zero-order chi connectivity index (χ0) is 20.0. The van der Waals surface area contributed by atoms with Gasteiger partial charge < -0.3 is 24.8 Å². The van der Waals surface area contributed by atoms with Crippen molar-refractivity contribution in [2.24, 2.45) is 0 Å². The van der Waals surface area contributed by atoms with Crippen molar-refractivity contribution in [2.45, 2.75) is 13.1 Å². The second kappa shape index (κ2) is 8.76. The quantitative estimate of drug-likeness (QED) is 0.313. The third kappa shape index (κ3) is 5.36. The molecule has 148 valence electrons. The van der Waals surface area contributed by atoms with Gasteiger partial charge in [0.25, 0.3) is 11.9 Å². The van der Waals surface area contributed by atoms with Crippen LogP contribution in [0.3, 0.4) is 0 Å². The van der Waals surface area contributed by atoms with Gasteiger partial charge in [-0.05, 0) is 25.1 Å². The van der Waals surface area contributed by atoms with E-state index >= 15 is 0 Å². The minimum Gasteiger partial charge on any atom is -0.480 e. The molecule has 1 fully saturated rings. The van der Waals surface area contributed by atoms with Gasteiger partial charge >= 0.3 is 6.18 Å². The topological polar surface area (TPSA) is 94.9 Å². The molecule has 1 amide bonds. The number of anilines is 1. The molecule has 10 heteroatoms. The maximum Gasteiger partial charge on any atom is 0.416 e. The molecule has 0 atom stereocenters. The number of benzene rings is 1. The second-order valence-electron chi connectivity index (χ2n) is 5.59. The highest BCUT2D eigenvalue weighted by Crippen LogP contribution is 2.30. The molecule has 1 saturated heterocycles. The first-order valence-corrected chi connectivity index (χ1v) is 8.20. The molecule has 3 N–H and O–H groups in total. The van der Waals surface area contributed by atoms with E-state index in [1.54, 1.807) is 6.92 Å². The van der Waals surface area contributed by atoms with Crippen molar-refractivity contribution < 1.29 is 32.5 Å². The lowest BCUT2D eigenvalue weighted by molar-refractivity contribution is -0.137. The van der Waals surface area contributed by atoms with E-state index in [1.807, 2.05) is 0 Å². The standard InChI is InChI=1S/C17H20F3N3O4/c1-2-27-16(25)13(14(21)23-6-8-26-9-7-23)15(24)22-12-5-3-4-11(10-12)17(18,19)20/h3-5,10,21,25H,2,6-9H2,1H3,(H,22,24)/b16-13+,21-14?. The molecule has 2 rings (SSSR count). The van der Waals surface area contributed by atoms with Crippen LogP contribution in [0.5, 0.6) is 0 Å². The molecular weight excluding hydrogens is 367 g/mol. The predicted octanol–water partition coefficient (Wildman–Crippen LogP) is 2.76. The fraction of sp³-hybridized carbons (Fsp3) is 0.412. The first kappa shape index (κ1) is 20.6. The number of halogens is 3. The summed E-state index contributed by atoms with van der Waals surface area (Å²) in [6, 6.07) is 4.07. The zero-order valence-corrected chi connectivity index (χ0v) is 14.6. The van der Waals surface area contributed by atoms with Crippen LogP contribution in [0, 0.1) is 5.41 Å². The number of aliphatic hydroxyl groups excluding tert-OH is 1. The summed E-state index contributed by atoms with van der Waals surface area (Å²) in [5.74, 6) is -2.01. The molecule has 0 spiro atoms. The Morgan fingerprint density at radius 3 is 2.63 bits per heavy atom. The fourth-order valence-electron chi connectivity index (χ4n) is 2.43. The fourth-order valence-corrected chi connectivity index (χ4v) is 2.43. The summed E-state index contributed by atoms with van der Waals surface area (Å²) in [6.07, 6.45) is -4.56. The third-order valence-corrected chi connectivity index (χ3v) is 3.73. The first-order valence-electron chi connectivity index (χ1n) is 8.20. The molecule has 1 heterocycles. The molecule has 1 aromatic rings. The van der Waals surface area contributed by atoms with E-state index < -0.39 is 29.2 Å². The normalized spacial score (nSPS) is 15.8. The second-order valence-corrected chi connectivity index (χ2v) is 5.59. The summed E-state index contributed by atoms with van der Waals surface area (Å²) in [5.41, 5.74) is -1.51. The number of ether oxygens (including phenoxy) is 2. The molecule has 0 aromatic heterocycles. The third-order valence-electron chi connectivity index (χ3n) is 3.73. The number of carbonyl (C=O) groups is 1. The molecule has 0 unspecified atom stereocenters. The molecule has 1 aliphatic rings. The number of hydrogen-bond donors (Lipinski definition) is 3. The molecular formula is C17H20F3N3O4. The number of hydrogen-bond acceptors (Lipinski definition) is 5. The predicted molar refractivity (Wildman–Crippen MR) is 91.5 cm³/mol. The summed E-state index contributed by atoms with van der Waals surface area (Å²) in [6.45, 7) is 2.98. The largest absolute Gasteiger partial charge is 0.480 e. The lowest BCUT2D eigenvalue weighted by atomic mass is 10.1. The number of alkyl halides is 3. The van der Waals surface area contributed by atoms with Crippen molar-refractivity contribution in [3.8, 4) is 0 Å². The van der Waals surface area contributed by atoms with Crippen molar-refractivity contribution >= 4 is 17.4 Å². The Bertz CT molecular complexity index is 728. The van der Waals surface area contributed by atoms with Crippen LogP contribution in [-0.2, 0) is 20.4 Å². The molecule has 1 aliphatic heterocycles. The van der Waals surface area contributed by atoms with Crippen molar-refractivity contribution in [3.05, 3.63) is 41.3 Å². The van der Waals surface area contributed by atoms with Crippen LogP contribution < -0.4 is 5.32 Å². The average molecular weight is 387 g/mol. The SMILES string of the molecule is CCO/C(O)=C(\C(=N)N1CCOCC1)C(=O)Nc1cccc(C(F)(F)F)c1. The maximum absolute atomic E-state index is 12.8. The number of nitrogens with one attached hydrogen (secondary N) is 2. The van der Waals surface area contributed by atoms with Gasteiger partial charge in [-0.1, -0.05) is 6.07 Å². The van der Waals surface area contributed by atoms with Gasteiger partial charge in [0, 0.05) is 18.8 Å². The Hall–Kier alpha value is -2.75. The average Bonchev–Trinajstić information content (AvgIpc) is 2.62. The monoisotopic (exact) mass is 387 g/mol. The molecule has 1 aromatic carbocycles. The van der Waals surface area contributed by atoms with Gasteiger partial charge in [0.1, 0.15) is 5.84 Å². The van der Waals surface area contributed by atoms with Crippen LogP contribution in [0.4, 0.5) is 18.9 Å². The summed E-state index contributed by atoms with van der Waals surface area (Å²) in [5, 5.41) is 20.6. The molecule has 0 radical (unpaired) electrons. The minimum atomic E-state index is -4.56. The molecule has 7 nitrogen and oxygen atoms in total. The van der Waals surface area contributed by atoms with Crippen LogP contribution in [0.25, 0.3) is 0 Å². The number of amidine groups is 1. The van der Waals surface area contributed by atoms with E-state index in [0.717, 1.165) is 18.2 Å². The summed E-state index contributed by atoms with van der Waals surface area (Å²) < 4.78 is 48.6. The number of morpholine rings is 1.